The van der Waals surface area contributed by atoms with Gasteiger partial charge in [-0.3, -0.25) is 4.79 Å². The Morgan fingerprint density at radius 1 is 1.07 bits per heavy atom. The Morgan fingerprint density at radius 3 is 2.19 bits per heavy atom. The molecule has 144 valence electrons. The Morgan fingerprint density at radius 2 is 1.67 bits per heavy atom. The molecule has 0 fully saturated rings. The molecule has 1 N–H and O–H groups in total. The van der Waals surface area contributed by atoms with Crippen LogP contribution in [0.25, 0.3) is 0 Å². The van der Waals surface area contributed by atoms with Crippen molar-refractivity contribution in [2.75, 3.05) is 21.3 Å². The standard InChI is InChI=1S/C20H24N2O4S/c1-13-6-8-16(9-7-13)27-14(2)20(23)22-21-12-15-10-17(24-3)19(26-5)18(11-15)25-4/h6-12,14H,1-5H3,(H,22,23)/b21-12-/t14-/m1/s1. The molecule has 0 aliphatic heterocycles. The lowest BCUT2D eigenvalue weighted by Crippen LogP contribution is -2.26. The summed E-state index contributed by atoms with van der Waals surface area (Å²) in [5.74, 6) is 1.37. The number of aryl methyl sites for hydroxylation is 1. The summed E-state index contributed by atoms with van der Waals surface area (Å²) in [6.45, 7) is 3.87. The molecule has 0 aromatic heterocycles. The molecule has 0 saturated carbocycles. The number of thioether (sulfide) groups is 1. The van der Waals surface area contributed by atoms with Gasteiger partial charge in [-0.2, -0.15) is 5.10 Å². The maximum atomic E-state index is 12.2. The van der Waals surface area contributed by atoms with Gasteiger partial charge in [0, 0.05) is 10.5 Å². The Bertz CT molecular complexity index is 781. The topological polar surface area (TPSA) is 69.2 Å². The molecule has 2 aromatic rings. The van der Waals surface area contributed by atoms with Crippen LogP contribution in [0.3, 0.4) is 0 Å². The van der Waals surface area contributed by atoms with Crippen LogP contribution < -0.4 is 19.6 Å². The van der Waals surface area contributed by atoms with Crippen LogP contribution >= 0.6 is 11.8 Å². The van der Waals surface area contributed by atoms with Gasteiger partial charge >= 0.3 is 0 Å². The van der Waals surface area contributed by atoms with Gasteiger partial charge in [0.25, 0.3) is 5.91 Å². The fraction of sp³-hybridized carbons (Fsp3) is 0.300. The summed E-state index contributed by atoms with van der Waals surface area (Å²) in [4.78, 5) is 13.3. The van der Waals surface area contributed by atoms with Crippen LogP contribution in [0.4, 0.5) is 0 Å². The number of carbonyl (C=O) groups is 1. The van der Waals surface area contributed by atoms with Crippen LogP contribution in [0, 0.1) is 6.92 Å². The van der Waals surface area contributed by atoms with Gasteiger partial charge in [-0.1, -0.05) is 17.7 Å². The van der Waals surface area contributed by atoms with Gasteiger partial charge in [-0.25, -0.2) is 5.43 Å². The van der Waals surface area contributed by atoms with Crippen molar-refractivity contribution in [2.24, 2.45) is 5.10 Å². The first-order valence-electron chi connectivity index (χ1n) is 8.34. The van der Waals surface area contributed by atoms with Crippen LogP contribution in [0.1, 0.15) is 18.1 Å². The molecule has 6 nitrogen and oxygen atoms in total. The molecule has 7 heteroatoms. The Kier molecular flexibility index (Phi) is 7.55. The van der Waals surface area contributed by atoms with Gasteiger partial charge in [0.2, 0.25) is 5.75 Å². The first-order valence-corrected chi connectivity index (χ1v) is 9.22. The van der Waals surface area contributed by atoms with Gasteiger partial charge in [0.05, 0.1) is 32.8 Å². The summed E-state index contributed by atoms with van der Waals surface area (Å²) in [5.41, 5.74) is 4.46. The molecule has 0 radical (unpaired) electrons. The maximum absolute atomic E-state index is 12.2. The summed E-state index contributed by atoms with van der Waals surface area (Å²) < 4.78 is 15.9. The molecule has 0 heterocycles. The molecule has 0 aliphatic carbocycles. The molecule has 0 saturated heterocycles. The van der Waals surface area contributed by atoms with Crippen molar-refractivity contribution in [3.05, 3.63) is 47.5 Å². The van der Waals surface area contributed by atoms with Crippen LogP contribution in [-0.2, 0) is 4.79 Å². The number of amides is 1. The molecule has 1 atom stereocenters. The average molecular weight is 388 g/mol. The number of ether oxygens (including phenoxy) is 3. The minimum atomic E-state index is -0.273. The third-order valence-corrected chi connectivity index (χ3v) is 4.89. The monoisotopic (exact) mass is 388 g/mol. The van der Waals surface area contributed by atoms with Crippen molar-refractivity contribution >= 4 is 23.9 Å². The highest BCUT2D eigenvalue weighted by atomic mass is 32.2. The minimum absolute atomic E-state index is 0.177. The van der Waals surface area contributed by atoms with E-state index in [2.05, 4.69) is 10.5 Å². The van der Waals surface area contributed by atoms with Crippen molar-refractivity contribution in [1.29, 1.82) is 0 Å². The van der Waals surface area contributed by atoms with E-state index in [1.807, 2.05) is 38.1 Å². The van der Waals surface area contributed by atoms with E-state index in [4.69, 9.17) is 14.2 Å². The van der Waals surface area contributed by atoms with Crippen LogP contribution in [-0.4, -0.2) is 38.7 Å². The van der Waals surface area contributed by atoms with Crippen molar-refractivity contribution in [2.45, 2.75) is 24.0 Å². The number of methoxy groups -OCH3 is 3. The van der Waals surface area contributed by atoms with Crippen LogP contribution in [0.15, 0.2) is 46.4 Å². The quantitative estimate of drug-likeness (QED) is 0.425. The smallest absolute Gasteiger partial charge is 0.253 e. The third-order valence-electron chi connectivity index (χ3n) is 3.78. The zero-order valence-corrected chi connectivity index (χ0v) is 16.9. The zero-order chi connectivity index (χ0) is 19.8. The zero-order valence-electron chi connectivity index (χ0n) is 16.1. The highest BCUT2D eigenvalue weighted by Crippen LogP contribution is 2.37. The van der Waals surface area contributed by atoms with E-state index in [1.54, 1.807) is 33.5 Å². The first kappa shape index (κ1) is 20.6. The molecule has 1 amide bonds. The predicted molar refractivity (Wildman–Crippen MR) is 108 cm³/mol. The van der Waals surface area contributed by atoms with E-state index in [-0.39, 0.29) is 11.2 Å². The molecular weight excluding hydrogens is 364 g/mol. The molecule has 0 unspecified atom stereocenters. The van der Waals surface area contributed by atoms with E-state index in [1.165, 1.54) is 23.5 Å². The van der Waals surface area contributed by atoms with E-state index in [0.717, 1.165) is 4.90 Å². The van der Waals surface area contributed by atoms with Crippen LogP contribution in [0.2, 0.25) is 0 Å². The third kappa shape index (κ3) is 5.65. The van der Waals surface area contributed by atoms with E-state index < -0.39 is 0 Å². The summed E-state index contributed by atoms with van der Waals surface area (Å²) >= 11 is 1.48. The van der Waals surface area contributed by atoms with E-state index in [0.29, 0.717) is 22.8 Å². The van der Waals surface area contributed by atoms with E-state index >= 15 is 0 Å². The van der Waals surface area contributed by atoms with Gasteiger partial charge < -0.3 is 14.2 Å². The highest BCUT2D eigenvalue weighted by molar-refractivity contribution is 8.00. The lowest BCUT2D eigenvalue weighted by atomic mass is 10.2. The number of benzene rings is 2. The fourth-order valence-electron chi connectivity index (χ4n) is 2.31. The van der Waals surface area contributed by atoms with Crippen LogP contribution in [0.5, 0.6) is 17.2 Å². The molecule has 0 bridgehead atoms. The van der Waals surface area contributed by atoms with E-state index in [9.17, 15) is 4.79 Å². The summed E-state index contributed by atoms with van der Waals surface area (Å²) in [6, 6.07) is 11.6. The van der Waals surface area contributed by atoms with Crippen molar-refractivity contribution in [1.82, 2.24) is 5.43 Å². The fourth-order valence-corrected chi connectivity index (χ4v) is 3.17. The number of hydrogen-bond acceptors (Lipinski definition) is 6. The second-order valence-corrected chi connectivity index (χ2v) is 7.18. The number of nitrogens with one attached hydrogen (secondary N) is 1. The Hall–Kier alpha value is -2.67. The molecular formula is C20H24N2O4S. The number of nitrogens with zero attached hydrogens (tertiary/aromatic N) is 1. The largest absolute Gasteiger partial charge is 0.493 e. The van der Waals surface area contributed by atoms with Gasteiger partial charge in [-0.15, -0.1) is 11.8 Å². The normalized spacial score (nSPS) is 11.9. The number of carbonyl (C=O) groups excluding carboxylic acids is 1. The second kappa shape index (κ2) is 9.87. The predicted octanol–water partition coefficient (Wildman–Crippen LogP) is 3.65. The lowest BCUT2D eigenvalue weighted by molar-refractivity contribution is -0.120. The molecule has 2 rings (SSSR count). The van der Waals surface area contributed by atoms with Gasteiger partial charge in [0.1, 0.15) is 0 Å². The molecule has 0 spiro atoms. The second-order valence-electron chi connectivity index (χ2n) is 5.77. The summed E-state index contributed by atoms with van der Waals surface area (Å²) in [7, 11) is 4.63. The maximum Gasteiger partial charge on any atom is 0.253 e. The summed E-state index contributed by atoms with van der Waals surface area (Å²) in [6.07, 6.45) is 1.53. The molecule has 27 heavy (non-hydrogen) atoms. The number of hydrazone groups is 1. The average Bonchev–Trinajstić information content (AvgIpc) is 2.68. The van der Waals surface area contributed by atoms with Gasteiger partial charge in [0.15, 0.2) is 11.5 Å². The Balaban J connectivity index is 2.01. The lowest BCUT2D eigenvalue weighted by Gasteiger charge is -2.12. The molecule has 2 aromatic carbocycles. The van der Waals surface area contributed by atoms with Crippen molar-refractivity contribution < 1.29 is 19.0 Å². The SMILES string of the molecule is COc1cc(/C=N\NC(=O)[C@@H](C)Sc2ccc(C)cc2)cc(OC)c1OC. The highest BCUT2D eigenvalue weighted by Gasteiger charge is 2.14. The Labute approximate surface area is 163 Å². The number of hydrogen-bond donors (Lipinski definition) is 1. The minimum Gasteiger partial charge on any atom is -0.493 e. The summed E-state index contributed by atoms with van der Waals surface area (Å²) in [5, 5.41) is 3.76. The van der Waals surface area contributed by atoms with Gasteiger partial charge in [-0.05, 0) is 38.1 Å². The number of rotatable bonds is 8. The molecule has 0 aliphatic rings. The van der Waals surface area contributed by atoms with Crippen molar-refractivity contribution in [3.8, 4) is 17.2 Å². The first-order chi connectivity index (χ1) is 13.0. The van der Waals surface area contributed by atoms with Crippen molar-refractivity contribution in [3.63, 3.8) is 0 Å².